The zero-order chi connectivity index (χ0) is 13.3. The molecule has 1 aromatic heterocycles. The van der Waals surface area contributed by atoms with Gasteiger partial charge in [-0.2, -0.15) is 5.10 Å². The number of hydrogen-bond acceptors (Lipinski definition) is 3. The Bertz CT molecular complexity index is 636. The maximum atomic E-state index is 11.1. The van der Waals surface area contributed by atoms with E-state index < -0.39 is 11.9 Å². The Kier molecular flexibility index (Phi) is 3.03. The zero-order valence-corrected chi connectivity index (χ0v) is 9.76. The number of aromatic nitrogens is 2. The summed E-state index contributed by atoms with van der Waals surface area (Å²) in [6, 6.07) is 5.99. The van der Waals surface area contributed by atoms with Crippen LogP contribution < -0.4 is 5.73 Å². The second-order valence-electron chi connectivity index (χ2n) is 3.45. The number of primary amides is 1. The highest BCUT2D eigenvalue weighted by atomic mass is 35.5. The first-order valence-electron chi connectivity index (χ1n) is 4.88. The van der Waals surface area contributed by atoms with Crippen LogP contribution in [0.2, 0.25) is 5.02 Å². The van der Waals surface area contributed by atoms with E-state index in [0.717, 1.165) is 0 Å². The Morgan fingerprint density at radius 2 is 2.06 bits per heavy atom. The van der Waals surface area contributed by atoms with Gasteiger partial charge in [-0.3, -0.25) is 4.79 Å². The van der Waals surface area contributed by atoms with Crippen molar-refractivity contribution in [1.29, 1.82) is 0 Å². The first-order valence-corrected chi connectivity index (χ1v) is 5.26. The number of aromatic carboxylic acids is 1. The van der Waals surface area contributed by atoms with Crippen LogP contribution in [0.3, 0.4) is 0 Å². The smallest absolute Gasteiger partial charge is 0.339 e. The van der Waals surface area contributed by atoms with E-state index in [2.05, 4.69) is 5.10 Å². The second-order valence-corrected chi connectivity index (χ2v) is 3.86. The number of carbonyl (C=O) groups is 2. The molecule has 0 saturated heterocycles. The first-order chi connectivity index (χ1) is 8.50. The molecule has 0 bridgehead atoms. The van der Waals surface area contributed by atoms with Crippen molar-refractivity contribution in [3.8, 4) is 5.69 Å². The number of amides is 1. The highest BCUT2D eigenvalue weighted by Gasteiger charge is 2.17. The Morgan fingerprint density at radius 1 is 1.33 bits per heavy atom. The van der Waals surface area contributed by atoms with Crippen LogP contribution in [0.5, 0.6) is 0 Å². The van der Waals surface area contributed by atoms with Gasteiger partial charge in [0.05, 0.1) is 10.7 Å². The largest absolute Gasteiger partial charge is 0.478 e. The molecule has 0 aliphatic rings. The maximum Gasteiger partial charge on any atom is 0.339 e. The number of hydrogen-bond donors (Lipinski definition) is 2. The van der Waals surface area contributed by atoms with E-state index in [4.69, 9.17) is 22.4 Å². The minimum atomic E-state index is -1.17. The molecule has 1 amide bonds. The fourth-order valence-corrected chi connectivity index (χ4v) is 1.76. The first kappa shape index (κ1) is 12.1. The average Bonchev–Trinajstić information content (AvgIpc) is 2.77. The zero-order valence-electron chi connectivity index (χ0n) is 9.00. The molecule has 92 valence electrons. The molecule has 18 heavy (non-hydrogen) atoms. The van der Waals surface area contributed by atoms with Gasteiger partial charge in [-0.1, -0.05) is 17.7 Å². The molecule has 2 aromatic rings. The van der Waals surface area contributed by atoms with Gasteiger partial charge in [0.15, 0.2) is 0 Å². The van der Waals surface area contributed by atoms with E-state index in [1.807, 2.05) is 0 Å². The number of nitrogens with two attached hydrogens (primary N) is 1. The van der Waals surface area contributed by atoms with Gasteiger partial charge < -0.3 is 10.8 Å². The molecule has 0 aliphatic carbocycles. The van der Waals surface area contributed by atoms with Crippen molar-refractivity contribution in [2.45, 2.75) is 0 Å². The fraction of sp³-hybridized carbons (Fsp3) is 0. The molecule has 0 fully saturated rings. The maximum absolute atomic E-state index is 11.1. The number of carboxylic acid groups (broad SMARTS) is 1. The summed E-state index contributed by atoms with van der Waals surface area (Å²) >= 11 is 5.83. The monoisotopic (exact) mass is 265 g/mol. The predicted molar refractivity (Wildman–Crippen MR) is 64.1 cm³/mol. The van der Waals surface area contributed by atoms with E-state index in [1.165, 1.54) is 29.1 Å². The second kappa shape index (κ2) is 4.50. The van der Waals surface area contributed by atoms with Gasteiger partial charge in [-0.25, -0.2) is 9.48 Å². The van der Waals surface area contributed by atoms with E-state index in [9.17, 15) is 9.59 Å². The summed E-state index contributed by atoms with van der Waals surface area (Å²) in [6.07, 6.45) is 1.44. The molecule has 3 N–H and O–H groups in total. The van der Waals surface area contributed by atoms with Gasteiger partial charge >= 0.3 is 5.97 Å². The molecule has 0 spiro atoms. The number of carboxylic acids is 1. The standard InChI is InChI=1S/C11H8ClN3O3/c12-6-2-1-3-8(9(6)11(17)18)15-5-4-7(14-15)10(13)16/h1-5H,(H2,13,16)(H,17,18). The molecular formula is C11H8ClN3O3. The average molecular weight is 266 g/mol. The van der Waals surface area contributed by atoms with Crippen LogP contribution in [-0.4, -0.2) is 26.8 Å². The molecule has 0 saturated carbocycles. The lowest BCUT2D eigenvalue weighted by Gasteiger charge is -2.07. The summed E-state index contributed by atoms with van der Waals surface area (Å²) in [6.45, 7) is 0. The van der Waals surface area contributed by atoms with Crippen molar-refractivity contribution < 1.29 is 14.7 Å². The molecule has 0 radical (unpaired) electrons. The molecule has 7 heteroatoms. The van der Waals surface area contributed by atoms with Crippen LogP contribution >= 0.6 is 11.6 Å². The van der Waals surface area contributed by atoms with E-state index >= 15 is 0 Å². The quantitative estimate of drug-likeness (QED) is 0.874. The summed E-state index contributed by atoms with van der Waals surface area (Å²) in [5.74, 6) is -1.86. The number of carbonyl (C=O) groups excluding carboxylic acids is 1. The van der Waals surface area contributed by atoms with Crippen molar-refractivity contribution in [2.24, 2.45) is 5.73 Å². The number of halogens is 1. The van der Waals surface area contributed by atoms with Crippen molar-refractivity contribution in [1.82, 2.24) is 9.78 Å². The summed E-state index contributed by atoms with van der Waals surface area (Å²) in [7, 11) is 0. The van der Waals surface area contributed by atoms with Gasteiger partial charge in [-0.05, 0) is 18.2 Å². The van der Waals surface area contributed by atoms with Gasteiger partial charge in [0.1, 0.15) is 11.3 Å². The van der Waals surface area contributed by atoms with Crippen LogP contribution in [-0.2, 0) is 0 Å². The van der Waals surface area contributed by atoms with Crippen LogP contribution in [0.4, 0.5) is 0 Å². The number of nitrogens with zero attached hydrogens (tertiary/aromatic N) is 2. The molecule has 0 aliphatic heterocycles. The third kappa shape index (κ3) is 2.05. The van der Waals surface area contributed by atoms with Gasteiger partial charge in [0.25, 0.3) is 5.91 Å². The summed E-state index contributed by atoms with van der Waals surface area (Å²) in [4.78, 5) is 22.1. The SMILES string of the molecule is NC(=O)c1ccn(-c2cccc(Cl)c2C(=O)O)n1. The van der Waals surface area contributed by atoms with Crippen molar-refractivity contribution in [2.75, 3.05) is 0 Å². The van der Waals surface area contributed by atoms with E-state index in [0.29, 0.717) is 0 Å². The highest BCUT2D eigenvalue weighted by Crippen LogP contribution is 2.23. The highest BCUT2D eigenvalue weighted by molar-refractivity contribution is 6.34. The van der Waals surface area contributed by atoms with Crippen LogP contribution in [0.15, 0.2) is 30.5 Å². The lowest BCUT2D eigenvalue weighted by Crippen LogP contribution is -2.13. The third-order valence-corrected chi connectivity index (χ3v) is 2.61. The van der Waals surface area contributed by atoms with E-state index in [-0.39, 0.29) is 22.0 Å². The Labute approximate surface area is 107 Å². The molecule has 1 heterocycles. The molecule has 6 nitrogen and oxygen atoms in total. The van der Waals surface area contributed by atoms with Crippen LogP contribution in [0.1, 0.15) is 20.8 Å². The molecule has 2 rings (SSSR count). The van der Waals surface area contributed by atoms with Gasteiger partial charge in [-0.15, -0.1) is 0 Å². The topological polar surface area (TPSA) is 98.2 Å². The van der Waals surface area contributed by atoms with Gasteiger partial charge in [0, 0.05) is 6.20 Å². The Morgan fingerprint density at radius 3 is 2.61 bits per heavy atom. The van der Waals surface area contributed by atoms with E-state index in [1.54, 1.807) is 6.07 Å². The molecule has 1 aromatic carbocycles. The Hall–Kier alpha value is -2.34. The molecule has 0 atom stereocenters. The predicted octanol–water partition coefficient (Wildman–Crippen LogP) is 1.32. The normalized spacial score (nSPS) is 10.3. The molecular weight excluding hydrogens is 258 g/mol. The summed E-state index contributed by atoms with van der Waals surface area (Å²) in [5.41, 5.74) is 5.30. The minimum absolute atomic E-state index is 0.0475. The lowest BCUT2D eigenvalue weighted by molar-refractivity contribution is 0.0696. The molecule has 0 unspecified atom stereocenters. The number of benzene rings is 1. The number of rotatable bonds is 3. The van der Waals surface area contributed by atoms with Crippen LogP contribution in [0, 0.1) is 0 Å². The van der Waals surface area contributed by atoms with Gasteiger partial charge in [0.2, 0.25) is 0 Å². The fourth-order valence-electron chi connectivity index (χ4n) is 1.50. The summed E-state index contributed by atoms with van der Waals surface area (Å²) < 4.78 is 1.25. The Balaban J connectivity index is 2.59. The van der Waals surface area contributed by atoms with Crippen molar-refractivity contribution in [3.63, 3.8) is 0 Å². The van der Waals surface area contributed by atoms with Crippen molar-refractivity contribution in [3.05, 3.63) is 46.7 Å². The third-order valence-electron chi connectivity index (χ3n) is 2.29. The summed E-state index contributed by atoms with van der Waals surface area (Å²) in [5, 5.41) is 13.1. The van der Waals surface area contributed by atoms with Crippen LogP contribution in [0.25, 0.3) is 5.69 Å². The van der Waals surface area contributed by atoms with Crippen molar-refractivity contribution >= 4 is 23.5 Å². The lowest BCUT2D eigenvalue weighted by atomic mass is 10.2. The minimum Gasteiger partial charge on any atom is -0.478 e.